The Morgan fingerprint density at radius 1 is 1.17 bits per heavy atom. The number of amides is 1. The van der Waals surface area contributed by atoms with Gasteiger partial charge in [0.05, 0.1) is 7.11 Å². The molecule has 1 aliphatic rings. The van der Waals surface area contributed by atoms with Crippen molar-refractivity contribution >= 4 is 11.6 Å². The zero-order valence-electron chi connectivity index (χ0n) is 18.6. The summed E-state index contributed by atoms with van der Waals surface area (Å²) in [7, 11) is 1.57. The molecule has 0 unspecified atom stereocenters. The number of rotatable bonds is 7. The van der Waals surface area contributed by atoms with Crippen molar-refractivity contribution in [1.82, 2.24) is 4.90 Å². The van der Waals surface area contributed by atoms with Crippen molar-refractivity contribution in [3.63, 3.8) is 0 Å². The maximum atomic E-state index is 13.1. The lowest BCUT2D eigenvalue weighted by molar-refractivity contribution is -0.120. The van der Waals surface area contributed by atoms with Gasteiger partial charge in [0.25, 0.3) is 0 Å². The fourth-order valence-electron chi connectivity index (χ4n) is 4.15. The van der Waals surface area contributed by atoms with Gasteiger partial charge in [-0.1, -0.05) is 43.7 Å². The van der Waals surface area contributed by atoms with Gasteiger partial charge in [-0.2, -0.15) is 0 Å². The monoisotopic (exact) mass is 410 g/mol. The summed E-state index contributed by atoms with van der Waals surface area (Å²) in [6.45, 7) is 8.71. The average molecular weight is 411 g/mol. The number of hydrogen-bond acceptors (Lipinski definition) is 4. The molecule has 0 aliphatic carbocycles. The van der Waals surface area contributed by atoms with Gasteiger partial charge < -0.3 is 14.7 Å². The lowest BCUT2D eigenvalue weighted by Crippen LogP contribution is -2.47. The largest absolute Gasteiger partial charge is 0.504 e. The van der Waals surface area contributed by atoms with E-state index in [0.717, 1.165) is 37.2 Å². The van der Waals surface area contributed by atoms with Crippen LogP contribution in [0.5, 0.6) is 11.5 Å². The summed E-state index contributed by atoms with van der Waals surface area (Å²) in [6.07, 6.45) is 2.40. The minimum atomic E-state index is 0.203. The Labute approximate surface area is 180 Å². The minimum absolute atomic E-state index is 0.203. The van der Waals surface area contributed by atoms with E-state index in [1.165, 1.54) is 5.56 Å². The van der Waals surface area contributed by atoms with Crippen LogP contribution in [0.4, 0.5) is 5.69 Å². The highest BCUT2D eigenvalue weighted by molar-refractivity contribution is 5.94. The van der Waals surface area contributed by atoms with Crippen LogP contribution < -0.4 is 9.64 Å². The average Bonchev–Trinajstić information content (AvgIpc) is 2.72. The molecule has 0 radical (unpaired) electrons. The van der Waals surface area contributed by atoms with E-state index in [-0.39, 0.29) is 17.7 Å². The van der Waals surface area contributed by atoms with Gasteiger partial charge in [-0.25, -0.2) is 0 Å². The number of aryl methyl sites for hydroxylation is 1. The van der Waals surface area contributed by atoms with E-state index in [2.05, 4.69) is 49.9 Å². The van der Waals surface area contributed by atoms with Gasteiger partial charge in [-0.05, 0) is 43.9 Å². The van der Waals surface area contributed by atoms with Gasteiger partial charge in [-0.3, -0.25) is 9.69 Å². The van der Waals surface area contributed by atoms with Crippen LogP contribution in [0.3, 0.4) is 0 Å². The van der Waals surface area contributed by atoms with Crippen molar-refractivity contribution in [3.8, 4) is 11.5 Å². The molecule has 0 bridgehead atoms. The summed E-state index contributed by atoms with van der Waals surface area (Å²) in [5, 5.41) is 10.4. The summed E-state index contributed by atoms with van der Waals surface area (Å²) in [5.41, 5.74) is 3.07. The number of phenolic OH excluding ortho intramolecular Hbond substituents is 1. The van der Waals surface area contributed by atoms with Crippen LogP contribution in [0, 0.1) is 12.8 Å². The highest BCUT2D eigenvalue weighted by atomic mass is 16.5. The lowest BCUT2D eigenvalue weighted by atomic mass is 9.99. The van der Waals surface area contributed by atoms with E-state index in [0.29, 0.717) is 24.6 Å². The van der Waals surface area contributed by atoms with E-state index in [1.54, 1.807) is 13.2 Å². The zero-order valence-corrected chi connectivity index (χ0v) is 18.6. The maximum Gasteiger partial charge on any atom is 0.227 e. The molecule has 5 nitrogen and oxygen atoms in total. The number of methoxy groups -OCH3 is 1. The molecular weight excluding hydrogens is 376 g/mol. The Morgan fingerprint density at radius 2 is 1.83 bits per heavy atom. The van der Waals surface area contributed by atoms with Crippen LogP contribution in [0.15, 0.2) is 42.5 Å². The fourth-order valence-corrected chi connectivity index (χ4v) is 4.15. The van der Waals surface area contributed by atoms with E-state index in [1.807, 2.05) is 17.0 Å². The summed E-state index contributed by atoms with van der Waals surface area (Å²) in [5.74, 6) is 1.27. The number of benzene rings is 2. The molecule has 1 aliphatic heterocycles. The topological polar surface area (TPSA) is 53.0 Å². The van der Waals surface area contributed by atoms with Crippen LogP contribution in [0.2, 0.25) is 0 Å². The second-order valence-corrected chi connectivity index (χ2v) is 8.67. The molecule has 1 fully saturated rings. The van der Waals surface area contributed by atoms with Gasteiger partial charge in [0, 0.05) is 43.3 Å². The highest BCUT2D eigenvalue weighted by Crippen LogP contribution is 2.32. The standard InChI is InChI=1S/C25H34N2O3/c1-18(2)16-24(28)27(21-10-8-19(3)9-11-21)22-12-14-26(15-13-22)17-20-6-5-7-23(30-4)25(20)29/h5-11,18,22,29H,12-17H2,1-4H3. The third-order valence-corrected chi connectivity index (χ3v) is 5.78. The number of carbonyl (C=O) groups excluding carboxylic acids is 1. The molecule has 1 amide bonds. The van der Waals surface area contributed by atoms with Gasteiger partial charge in [0.15, 0.2) is 11.5 Å². The van der Waals surface area contributed by atoms with Crippen LogP contribution >= 0.6 is 0 Å². The molecule has 1 heterocycles. The molecule has 0 spiro atoms. The van der Waals surface area contributed by atoms with E-state index < -0.39 is 0 Å². The van der Waals surface area contributed by atoms with Crippen molar-refractivity contribution in [2.24, 2.45) is 5.92 Å². The summed E-state index contributed by atoms with van der Waals surface area (Å²) in [6, 6.07) is 14.1. The first kappa shape index (κ1) is 22.2. The molecule has 2 aromatic rings. The van der Waals surface area contributed by atoms with Crippen molar-refractivity contribution in [2.45, 2.75) is 52.6 Å². The number of para-hydroxylation sites is 1. The molecule has 3 rings (SSSR count). The second-order valence-electron chi connectivity index (χ2n) is 8.67. The molecular formula is C25H34N2O3. The number of phenols is 1. The highest BCUT2D eigenvalue weighted by Gasteiger charge is 2.29. The molecule has 0 aromatic heterocycles. The van der Waals surface area contributed by atoms with E-state index >= 15 is 0 Å². The Morgan fingerprint density at radius 3 is 2.43 bits per heavy atom. The Bertz CT molecular complexity index is 840. The Balaban J connectivity index is 1.69. The first-order valence-electron chi connectivity index (χ1n) is 10.8. The van der Waals surface area contributed by atoms with Gasteiger partial charge in [0.1, 0.15) is 0 Å². The maximum absolute atomic E-state index is 13.1. The molecule has 5 heteroatoms. The molecule has 0 atom stereocenters. The second kappa shape index (κ2) is 9.98. The number of nitrogens with zero attached hydrogens (tertiary/aromatic N) is 2. The van der Waals surface area contributed by atoms with Crippen LogP contribution in [-0.2, 0) is 11.3 Å². The first-order chi connectivity index (χ1) is 14.4. The molecule has 0 saturated carbocycles. The SMILES string of the molecule is COc1cccc(CN2CCC(N(C(=O)CC(C)C)c3ccc(C)cc3)CC2)c1O. The zero-order chi connectivity index (χ0) is 21.7. The normalized spacial score (nSPS) is 15.4. The van der Waals surface area contributed by atoms with Crippen molar-refractivity contribution in [1.29, 1.82) is 0 Å². The lowest BCUT2D eigenvalue weighted by Gasteiger charge is -2.39. The summed E-state index contributed by atoms with van der Waals surface area (Å²) >= 11 is 0. The molecule has 1 saturated heterocycles. The minimum Gasteiger partial charge on any atom is -0.504 e. The number of piperidine rings is 1. The van der Waals surface area contributed by atoms with Crippen LogP contribution in [0.25, 0.3) is 0 Å². The van der Waals surface area contributed by atoms with Crippen molar-refractivity contribution in [3.05, 3.63) is 53.6 Å². The quantitative estimate of drug-likeness (QED) is 0.715. The third kappa shape index (κ3) is 5.33. The van der Waals surface area contributed by atoms with Crippen LogP contribution in [0.1, 0.15) is 44.2 Å². The summed E-state index contributed by atoms with van der Waals surface area (Å²) < 4.78 is 5.23. The number of hydrogen-bond donors (Lipinski definition) is 1. The number of aromatic hydroxyl groups is 1. The van der Waals surface area contributed by atoms with Crippen molar-refractivity contribution < 1.29 is 14.6 Å². The smallest absolute Gasteiger partial charge is 0.227 e. The number of likely N-dealkylation sites (tertiary alicyclic amines) is 1. The molecule has 162 valence electrons. The number of ether oxygens (including phenoxy) is 1. The van der Waals surface area contributed by atoms with E-state index in [9.17, 15) is 9.90 Å². The van der Waals surface area contributed by atoms with Gasteiger partial charge >= 0.3 is 0 Å². The fraction of sp³-hybridized carbons (Fsp3) is 0.480. The van der Waals surface area contributed by atoms with Gasteiger partial charge in [0.2, 0.25) is 5.91 Å². The molecule has 2 aromatic carbocycles. The first-order valence-corrected chi connectivity index (χ1v) is 10.8. The predicted molar refractivity (Wildman–Crippen MR) is 121 cm³/mol. The Kier molecular flexibility index (Phi) is 7.38. The third-order valence-electron chi connectivity index (χ3n) is 5.78. The molecule has 1 N–H and O–H groups in total. The summed E-state index contributed by atoms with van der Waals surface area (Å²) in [4.78, 5) is 17.5. The van der Waals surface area contributed by atoms with Gasteiger partial charge in [-0.15, -0.1) is 0 Å². The van der Waals surface area contributed by atoms with E-state index in [4.69, 9.17) is 4.74 Å². The molecule has 30 heavy (non-hydrogen) atoms. The van der Waals surface area contributed by atoms with Crippen molar-refractivity contribution in [2.75, 3.05) is 25.1 Å². The number of carbonyl (C=O) groups is 1. The number of anilines is 1. The van der Waals surface area contributed by atoms with Crippen LogP contribution in [-0.4, -0.2) is 42.2 Å². The predicted octanol–water partition coefficient (Wildman–Crippen LogP) is 4.75. The Hall–Kier alpha value is -2.53.